The van der Waals surface area contributed by atoms with Crippen molar-refractivity contribution in [3.63, 3.8) is 0 Å². The second-order valence-electron chi connectivity index (χ2n) is 8.65. The molecule has 24 heavy (non-hydrogen) atoms. The number of hydrogen-bond acceptors (Lipinski definition) is 3. The second-order valence-corrected chi connectivity index (χ2v) is 8.65. The van der Waals surface area contributed by atoms with Crippen molar-refractivity contribution in [3.8, 4) is 0 Å². The number of piperidine rings is 1. The first-order valence-corrected chi connectivity index (χ1v) is 9.45. The Morgan fingerprint density at radius 1 is 1.17 bits per heavy atom. The summed E-state index contributed by atoms with van der Waals surface area (Å²) in [4.78, 5) is 25.4. The van der Waals surface area contributed by atoms with E-state index in [9.17, 15) is 9.59 Å². The maximum atomic E-state index is 11.9. The number of rotatable bonds is 1. The van der Waals surface area contributed by atoms with Crippen molar-refractivity contribution in [2.75, 3.05) is 13.1 Å². The van der Waals surface area contributed by atoms with Crippen molar-refractivity contribution in [2.45, 2.75) is 83.5 Å². The van der Waals surface area contributed by atoms with Crippen LogP contribution in [0.25, 0.3) is 0 Å². The zero-order chi connectivity index (χ0) is 17.5. The standard InChI is InChI=1S/C19H32N2O3/c1-13-5-6-16-17(11-13)24-19(12-18(16,4)20-14(2)22)7-9-21(10-8-19)15(3)23/h13,16-17H,5-12H2,1-4H3,(H,20,22)/t13-,16-,17-,18+/m1/s1. The molecule has 2 saturated heterocycles. The summed E-state index contributed by atoms with van der Waals surface area (Å²) >= 11 is 0. The van der Waals surface area contributed by atoms with Crippen molar-refractivity contribution in [1.29, 1.82) is 0 Å². The van der Waals surface area contributed by atoms with Crippen LogP contribution < -0.4 is 5.32 Å². The molecule has 5 heteroatoms. The molecule has 2 amide bonds. The molecule has 1 aliphatic carbocycles. The van der Waals surface area contributed by atoms with E-state index >= 15 is 0 Å². The summed E-state index contributed by atoms with van der Waals surface area (Å²) in [6, 6.07) is 0. The highest BCUT2D eigenvalue weighted by atomic mass is 16.5. The van der Waals surface area contributed by atoms with Crippen LogP contribution in [0.5, 0.6) is 0 Å². The average Bonchev–Trinajstić information content (AvgIpc) is 2.45. The molecule has 0 bridgehead atoms. The highest BCUT2D eigenvalue weighted by Gasteiger charge is 2.55. The zero-order valence-electron chi connectivity index (χ0n) is 15.6. The fraction of sp³-hybridized carbons (Fsp3) is 0.895. The van der Waals surface area contributed by atoms with E-state index in [-0.39, 0.29) is 29.1 Å². The number of nitrogens with zero attached hydrogens (tertiary/aromatic N) is 1. The molecule has 0 unspecified atom stereocenters. The lowest BCUT2D eigenvalue weighted by atomic mass is 9.63. The van der Waals surface area contributed by atoms with Crippen molar-refractivity contribution in [2.24, 2.45) is 11.8 Å². The van der Waals surface area contributed by atoms with E-state index in [2.05, 4.69) is 19.2 Å². The topological polar surface area (TPSA) is 58.6 Å². The number of carbonyl (C=O) groups excluding carboxylic acids is 2. The van der Waals surface area contributed by atoms with Crippen LogP contribution in [0, 0.1) is 11.8 Å². The van der Waals surface area contributed by atoms with Gasteiger partial charge in [-0.15, -0.1) is 0 Å². The smallest absolute Gasteiger partial charge is 0.219 e. The number of nitrogens with one attached hydrogen (secondary N) is 1. The number of amides is 2. The van der Waals surface area contributed by atoms with Gasteiger partial charge in [-0.2, -0.15) is 0 Å². The molecule has 5 nitrogen and oxygen atoms in total. The number of likely N-dealkylation sites (tertiary alicyclic amines) is 1. The number of fused-ring (bicyclic) bond motifs is 1. The van der Waals surface area contributed by atoms with E-state index in [0.717, 1.165) is 45.2 Å². The summed E-state index contributed by atoms with van der Waals surface area (Å²) < 4.78 is 6.71. The molecule has 0 aromatic carbocycles. The average molecular weight is 336 g/mol. The molecule has 3 rings (SSSR count). The SMILES string of the molecule is CC(=O)N[C@@]1(C)CC2(CCN(C(C)=O)CC2)O[C@@H]2C[C@H](C)CC[C@H]21. The highest BCUT2D eigenvalue weighted by molar-refractivity contribution is 5.74. The third-order valence-corrected chi connectivity index (χ3v) is 6.54. The monoisotopic (exact) mass is 336 g/mol. The van der Waals surface area contributed by atoms with Crippen molar-refractivity contribution in [1.82, 2.24) is 10.2 Å². The zero-order valence-corrected chi connectivity index (χ0v) is 15.6. The molecule has 3 fully saturated rings. The van der Waals surface area contributed by atoms with Gasteiger partial charge in [-0.1, -0.05) is 13.3 Å². The molecule has 0 radical (unpaired) electrons. The lowest BCUT2D eigenvalue weighted by molar-refractivity contribution is -0.215. The summed E-state index contributed by atoms with van der Waals surface area (Å²) in [5.41, 5.74) is -0.394. The van der Waals surface area contributed by atoms with Crippen LogP contribution in [-0.4, -0.2) is 47.0 Å². The van der Waals surface area contributed by atoms with Crippen LogP contribution in [0.3, 0.4) is 0 Å². The minimum absolute atomic E-state index is 0.0492. The number of ether oxygens (including phenoxy) is 1. The normalized spacial score (nSPS) is 38.5. The van der Waals surface area contributed by atoms with Gasteiger partial charge in [0, 0.05) is 38.4 Å². The Hall–Kier alpha value is -1.10. The van der Waals surface area contributed by atoms with Crippen LogP contribution >= 0.6 is 0 Å². The van der Waals surface area contributed by atoms with E-state index in [0.29, 0.717) is 11.8 Å². The first-order chi connectivity index (χ1) is 11.2. The van der Waals surface area contributed by atoms with Gasteiger partial charge in [0.2, 0.25) is 11.8 Å². The van der Waals surface area contributed by atoms with E-state index in [4.69, 9.17) is 4.74 Å². The van der Waals surface area contributed by atoms with Crippen LogP contribution in [0.15, 0.2) is 0 Å². The number of hydrogen-bond donors (Lipinski definition) is 1. The van der Waals surface area contributed by atoms with Gasteiger partial charge in [-0.3, -0.25) is 9.59 Å². The summed E-state index contributed by atoms with van der Waals surface area (Å²) in [6.07, 6.45) is 6.25. The van der Waals surface area contributed by atoms with Crippen LogP contribution in [0.4, 0.5) is 0 Å². The van der Waals surface area contributed by atoms with Crippen LogP contribution in [0.2, 0.25) is 0 Å². The Morgan fingerprint density at radius 3 is 2.42 bits per heavy atom. The maximum absolute atomic E-state index is 11.9. The molecule has 4 atom stereocenters. The van der Waals surface area contributed by atoms with Crippen LogP contribution in [-0.2, 0) is 14.3 Å². The third-order valence-electron chi connectivity index (χ3n) is 6.54. The maximum Gasteiger partial charge on any atom is 0.219 e. The minimum atomic E-state index is -0.201. The summed E-state index contributed by atoms with van der Waals surface area (Å²) in [7, 11) is 0. The van der Waals surface area contributed by atoms with E-state index in [1.807, 2.05) is 4.90 Å². The van der Waals surface area contributed by atoms with Crippen LogP contribution in [0.1, 0.15) is 66.2 Å². The summed E-state index contributed by atoms with van der Waals surface area (Å²) in [6.45, 7) is 9.29. The molecule has 3 aliphatic rings. The molecular formula is C19H32N2O3. The fourth-order valence-corrected chi connectivity index (χ4v) is 5.41. The lowest BCUT2D eigenvalue weighted by Gasteiger charge is -2.58. The first-order valence-electron chi connectivity index (χ1n) is 9.45. The summed E-state index contributed by atoms with van der Waals surface area (Å²) in [5.74, 6) is 1.27. The van der Waals surface area contributed by atoms with Gasteiger partial charge in [-0.05, 0) is 44.9 Å². The number of carbonyl (C=O) groups is 2. The van der Waals surface area contributed by atoms with E-state index < -0.39 is 0 Å². The van der Waals surface area contributed by atoms with E-state index in [1.54, 1.807) is 13.8 Å². The second kappa shape index (κ2) is 6.32. The van der Waals surface area contributed by atoms with E-state index in [1.165, 1.54) is 6.42 Å². The molecule has 2 aliphatic heterocycles. The molecule has 1 saturated carbocycles. The molecule has 1 spiro atoms. The Labute approximate surface area is 145 Å². The molecule has 0 aromatic rings. The summed E-state index contributed by atoms with van der Waals surface area (Å²) in [5, 5.41) is 3.28. The van der Waals surface area contributed by atoms with Gasteiger partial charge in [0.1, 0.15) is 0 Å². The Morgan fingerprint density at radius 2 is 1.83 bits per heavy atom. The molecule has 136 valence electrons. The van der Waals surface area contributed by atoms with Gasteiger partial charge in [0.25, 0.3) is 0 Å². The minimum Gasteiger partial charge on any atom is -0.371 e. The molecular weight excluding hydrogens is 304 g/mol. The van der Waals surface area contributed by atoms with Gasteiger partial charge in [0.15, 0.2) is 0 Å². The predicted molar refractivity (Wildman–Crippen MR) is 92.4 cm³/mol. The molecule has 2 heterocycles. The van der Waals surface area contributed by atoms with Gasteiger partial charge >= 0.3 is 0 Å². The van der Waals surface area contributed by atoms with Gasteiger partial charge in [-0.25, -0.2) is 0 Å². The third kappa shape index (κ3) is 3.32. The fourth-order valence-electron chi connectivity index (χ4n) is 5.41. The first kappa shape index (κ1) is 17.7. The molecule has 0 aromatic heterocycles. The Balaban J connectivity index is 1.82. The molecule has 1 N–H and O–H groups in total. The Bertz CT molecular complexity index is 513. The quantitative estimate of drug-likeness (QED) is 0.800. The Kier molecular flexibility index (Phi) is 4.67. The van der Waals surface area contributed by atoms with Crippen molar-refractivity contribution < 1.29 is 14.3 Å². The lowest BCUT2D eigenvalue weighted by Crippen LogP contribution is -2.66. The van der Waals surface area contributed by atoms with Crippen molar-refractivity contribution in [3.05, 3.63) is 0 Å². The van der Waals surface area contributed by atoms with Gasteiger partial charge < -0.3 is 15.0 Å². The highest BCUT2D eigenvalue weighted by Crippen LogP contribution is 2.50. The predicted octanol–water partition coefficient (Wildman–Crippen LogP) is 2.49. The largest absolute Gasteiger partial charge is 0.371 e. The van der Waals surface area contributed by atoms with Crippen molar-refractivity contribution >= 4 is 11.8 Å². The van der Waals surface area contributed by atoms with Gasteiger partial charge in [0.05, 0.1) is 11.7 Å².